The third kappa shape index (κ3) is 5.39. The zero-order chi connectivity index (χ0) is 17.4. The Bertz CT molecular complexity index is 633. The molecule has 0 bridgehead atoms. The minimum atomic E-state index is -0.194. The number of aryl methyl sites for hydroxylation is 1. The molecule has 0 saturated heterocycles. The van der Waals surface area contributed by atoms with Crippen molar-refractivity contribution < 1.29 is 4.79 Å². The first-order chi connectivity index (χ1) is 11.7. The fourth-order valence-corrected chi connectivity index (χ4v) is 3.29. The van der Waals surface area contributed by atoms with Crippen LogP contribution in [-0.4, -0.2) is 34.1 Å². The van der Waals surface area contributed by atoms with Crippen molar-refractivity contribution in [1.82, 2.24) is 15.1 Å². The van der Waals surface area contributed by atoms with Crippen LogP contribution in [-0.2, 0) is 13.0 Å². The summed E-state index contributed by atoms with van der Waals surface area (Å²) < 4.78 is 0. The molecule has 130 valence electrons. The lowest BCUT2D eigenvalue weighted by molar-refractivity contribution is 0.102. The maximum absolute atomic E-state index is 12.3. The SMILES string of the molecule is CCCN(CCC)Cc1nnc(C(=O)Nc2ccc(CC)cc2)s1. The summed E-state index contributed by atoms with van der Waals surface area (Å²) in [4.78, 5) is 14.7. The van der Waals surface area contributed by atoms with Gasteiger partial charge in [0, 0.05) is 5.69 Å². The second kappa shape index (κ2) is 9.49. The van der Waals surface area contributed by atoms with Crippen molar-refractivity contribution in [3.8, 4) is 0 Å². The van der Waals surface area contributed by atoms with Crippen LogP contribution in [0.3, 0.4) is 0 Å². The molecule has 0 aliphatic heterocycles. The summed E-state index contributed by atoms with van der Waals surface area (Å²) in [6.45, 7) is 9.29. The van der Waals surface area contributed by atoms with E-state index < -0.39 is 0 Å². The molecule has 0 saturated carbocycles. The van der Waals surface area contributed by atoms with Gasteiger partial charge in [0.05, 0.1) is 6.54 Å². The van der Waals surface area contributed by atoms with Crippen molar-refractivity contribution in [2.45, 2.75) is 46.6 Å². The molecule has 6 heteroatoms. The molecule has 1 aromatic heterocycles. The Balaban J connectivity index is 1.96. The zero-order valence-electron chi connectivity index (χ0n) is 14.7. The lowest BCUT2D eigenvalue weighted by Crippen LogP contribution is -2.24. The topological polar surface area (TPSA) is 58.1 Å². The minimum Gasteiger partial charge on any atom is -0.320 e. The molecule has 1 N–H and O–H groups in total. The van der Waals surface area contributed by atoms with Crippen molar-refractivity contribution >= 4 is 22.9 Å². The third-order valence-electron chi connectivity index (χ3n) is 3.72. The van der Waals surface area contributed by atoms with Crippen LogP contribution in [0.4, 0.5) is 5.69 Å². The normalized spacial score (nSPS) is 11.0. The number of nitrogens with zero attached hydrogens (tertiary/aromatic N) is 3. The molecule has 0 aliphatic rings. The highest BCUT2D eigenvalue weighted by molar-refractivity contribution is 7.13. The second-order valence-electron chi connectivity index (χ2n) is 5.78. The monoisotopic (exact) mass is 346 g/mol. The second-order valence-corrected chi connectivity index (χ2v) is 6.84. The van der Waals surface area contributed by atoms with Gasteiger partial charge >= 0.3 is 0 Å². The fourth-order valence-electron chi connectivity index (χ4n) is 2.51. The Hall–Kier alpha value is -1.79. The van der Waals surface area contributed by atoms with Crippen LogP contribution in [0, 0.1) is 0 Å². The van der Waals surface area contributed by atoms with Crippen LogP contribution >= 0.6 is 11.3 Å². The molecule has 2 rings (SSSR count). The van der Waals surface area contributed by atoms with Gasteiger partial charge in [-0.3, -0.25) is 9.69 Å². The van der Waals surface area contributed by atoms with Gasteiger partial charge in [-0.2, -0.15) is 0 Å². The van der Waals surface area contributed by atoms with E-state index in [1.165, 1.54) is 16.9 Å². The van der Waals surface area contributed by atoms with Crippen molar-refractivity contribution in [2.24, 2.45) is 0 Å². The quantitative estimate of drug-likeness (QED) is 0.746. The van der Waals surface area contributed by atoms with Crippen LogP contribution in [0.1, 0.15) is 54.0 Å². The summed E-state index contributed by atoms with van der Waals surface area (Å²) in [6, 6.07) is 7.88. The van der Waals surface area contributed by atoms with Crippen molar-refractivity contribution in [1.29, 1.82) is 0 Å². The molecular formula is C18H26N4OS. The summed E-state index contributed by atoms with van der Waals surface area (Å²) in [6.07, 6.45) is 3.21. The predicted molar refractivity (Wildman–Crippen MR) is 99.5 cm³/mol. The van der Waals surface area contributed by atoms with Crippen LogP contribution in [0.15, 0.2) is 24.3 Å². The molecule has 0 spiro atoms. The van der Waals surface area contributed by atoms with E-state index in [2.05, 4.69) is 41.2 Å². The van der Waals surface area contributed by atoms with Crippen molar-refractivity contribution in [3.63, 3.8) is 0 Å². The van der Waals surface area contributed by atoms with Gasteiger partial charge in [0.2, 0.25) is 5.01 Å². The minimum absolute atomic E-state index is 0.194. The summed E-state index contributed by atoms with van der Waals surface area (Å²) in [5.41, 5.74) is 2.03. The molecule has 0 aliphatic carbocycles. The maximum atomic E-state index is 12.3. The Morgan fingerprint density at radius 1 is 1.08 bits per heavy atom. The van der Waals surface area contributed by atoms with Crippen molar-refractivity contribution in [3.05, 3.63) is 39.8 Å². The van der Waals surface area contributed by atoms with Crippen LogP contribution in [0.5, 0.6) is 0 Å². The number of carbonyl (C=O) groups excluding carboxylic acids is 1. The molecule has 0 atom stereocenters. The highest BCUT2D eigenvalue weighted by atomic mass is 32.1. The standard InChI is InChI=1S/C18H26N4OS/c1-4-11-22(12-5-2)13-16-20-21-18(24-16)17(23)19-15-9-7-14(6-3)8-10-15/h7-10H,4-6,11-13H2,1-3H3,(H,19,23). The van der Waals surface area contributed by atoms with Gasteiger partial charge in [0.25, 0.3) is 5.91 Å². The van der Waals surface area contributed by atoms with E-state index in [0.29, 0.717) is 5.01 Å². The first kappa shape index (κ1) is 18.5. The predicted octanol–water partition coefficient (Wildman–Crippen LogP) is 3.97. The molecule has 0 unspecified atom stereocenters. The summed E-state index contributed by atoms with van der Waals surface area (Å²) in [7, 11) is 0. The number of rotatable bonds is 9. The number of aromatic nitrogens is 2. The fraction of sp³-hybridized carbons (Fsp3) is 0.500. The molecule has 0 radical (unpaired) electrons. The average Bonchev–Trinajstić information content (AvgIpc) is 3.05. The summed E-state index contributed by atoms with van der Waals surface area (Å²) in [5, 5.41) is 12.4. The van der Waals surface area contributed by atoms with Crippen LogP contribution < -0.4 is 5.32 Å². The Morgan fingerprint density at radius 3 is 2.33 bits per heavy atom. The Labute approximate surface area is 148 Å². The molecule has 2 aromatic rings. The molecule has 1 heterocycles. The van der Waals surface area contributed by atoms with Crippen LogP contribution in [0.25, 0.3) is 0 Å². The van der Waals surface area contributed by atoms with Gasteiger partial charge in [0.15, 0.2) is 0 Å². The smallest absolute Gasteiger partial charge is 0.286 e. The van der Waals surface area contributed by atoms with E-state index in [4.69, 9.17) is 0 Å². The Morgan fingerprint density at radius 2 is 1.75 bits per heavy atom. The van der Waals surface area contributed by atoms with Gasteiger partial charge in [-0.15, -0.1) is 10.2 Å². The zero-order valence-corrected chi connectivity index (χ0v) is 15.5. The third-order valence-corrected chi connectivity index (χ3v) is 4.63. The number of amides is 1. The number of hydrogen-bond donors (Lipinski definition) is 1. The molecular weight excluding hydrogens is 320 g/mol. The van der Waals surface area contributed by atoms with Gasteiger partial charge in [-0.1, -0.05) is 44.2 Å². The first-order valence-corrected chi connectivity index (χ1v) is 9.42. The van der Waals surface area contributed by atoms with E-state index in [1.54, 1.807) is 0 Å². The summed E-state index contributed by atoms with van der Waals surface area (Å²) >= 11 is 1.37. The molecule has 5 nitrogen and oxygen atoms in total. The molecule has 0 fully saturated rings. The summed E-state index contributed by atoms with van der Waals surface area (Å²) in [5.74, 6) is -0.194. The van der Waals surface area contributed by atoms with Gasteiger partial charge in [-0.25, -0.2) is 0 Å². The van der Waals surface area contributed by atoms with Crippen molar-refractivity contribution in [2.75, 3.05) is 18.4 Å². The maximum Gasteiger partial charge on any atom is 0.286 e. The number of anilines is 1. The number of hydrogen-bond acceptors (Lipinski definition) is 5. The highest BCUT2D eigenvalue weighted by Gasteiger charge is 2.15. The number of nitrogens with one attached hydrogen (secondary N) is 1. The first-order valence-electron chi connectivity index (χ1n) is 8.61. The van der Waals surface area contributed by atoms with Gasteiger partial charge in [-0.05, 0) is 50.0 Å². The molecule has 1 amide bonds. The highest BCUT2D eigenvalue weighted by Crippen LogP contribution is 2.16. The van der Waals surface area contributed by atoms with E-state index >= 15 is 0 Å². The van der Waals surface area contributed by atoms with E-state index in [9.17, 15) is 4.79 Å². The van der Waals surface area contributed by atoms with Gasteiger partial charge < -0.3 is 5.32 Å². The largest absolute Gasteiger partial charge is 0.320 e. The van der Waals surface area contributed by atoms with E-state index in [0.717, 1.165) is 49.6 Å². The van der Waals surface area contributed by atoms with Gasteiger partial charge in [0.1, 0.15) is 5.01 Å². The molecule has 1 aromatic carbocycles. The Kier molecular flexibility index (Phi) is 7.34. The van der Waals surface area contributed by atoms with Crippen LogP contribution in [0.2, 0.25) is 0 Å². The molecule has 24 heavy (non-hydrogen) atoms. The lowest BCUT2D eigenvalue weighted by atomic mass is 10.1. The number of carbonyl (C=O) groups is 1. The van der Waals surface area contributed by atoms with E-state index in [1.807, 2.05) is 24.3 Å². The lowest BCUT2D eigenvalue weighted by Gasteiger charge is -2.18. The van der Waals surface area contributed by atoms with E-state index in [-0.39, 0.29) is 5.91 Å². The number of benzene rings is 1. The average molecular weight is 347 g/mol.